The Bertz CT molecular complexity index is 391. The first-order valence-electron chi connectivity index (χ1n) is 6.27. The summed E-state index contributed by atoms with van der Waals surface area (Å²) in [7, 11) is 0. The molecule has 1 rings (SSSR count). The van der Waals surface area contributed by atoms with E-state index in [-0.39, 0.29) is 23.7 Å². The Morgan fingerprint density at radius 1 is 1.33 bits per heavy atom. The molecule has 0 aliphatic heterocycles. The van der Waals surface area contributed by atoms with Crippen molar-refractivity contribution in [1.82, 2.24) is 5.32 Å². The quantitative estimate of drug-likeness (QED) is 0.845. The van der Waals surface area contributed by atoms with Crippen molar-refractivity contribution in [3.05, 3.63) is 35.6 Å². The van der Waals surface area contributed by atoms with E-state index in [9.17, 15) is 9.18 Å². The molecule has 0 bridgehead atoms. The van der Waals surface area contributed by atoms with Crippen LogP contribution in [0.3, 0.4) is 0 Å². The summed E-state index contributed by atoms with van der Waals surface area (Å²) in [4.78, 5) is 11.9. The lowest BCUT2D eigenvalue weighted by Crippen LogP contribution is -2.45. The van der Waals surface area contributed by atoms with E-state index < -0.39 is 6.04 Å². The largest absolute Gasteiger partial charge is 0.348 e. The Morgan fingerprint density at radius 2 is 1.89 bits per heavy atom. The first-order chi connectivity index (χ1) is 8.45. The van der Waals surface area contributed by atoms with Crippen molar-refractivity contribution >= 4 is 5.91 Å². The molecule has 0 aliphatic carbocycles. The molecule has 0 spiro atoms. The minimum absolute atomic E-state index is 0.144. The molecular weight excluding hydrogens is 231 g/mol. The Labute approximate surface area is 108 Å². The van der Waals surface area contributed by atoms with Gasteiger partial charge in [0.25, 0.3) is 0 Å². The normalized spacial score (nSPS) is 15.8. The summed E-state index contributed by atoms with van der Waals surface area (Å²) >= 11 is 0. The molecule has 1 amide bonds. The Morgan fingerprint density at radius 3 is 2.39 bits per heavy atom. The maximum atomic E-state index is 12.8. The van der Waals surface area contributed by atoms with Crippen molar-refractivity contribution in [2.45, 2.75) is 39.3 Å². The predicted molar refractivity (Wildman–Crippen MR) is 70.4 cm³/mol. The van der Waals surface area contributed by atoms with E-state index in [0.29, 0.717) is 0 Å². The number of rotatable bonds is 5. The molecule has 3 nitrogen and oxygen atoms in total. The number of amides is 1. The van der Waals surface area contributed by atoms with Crippen LogP contribution in [0.4, 0.5) is 4.39 Å². The van der Waals surface area contributed by atoms with Gasteiger partial charge in [0, 0.05) is 0 Å². The summed E-state index contributed by atoms with van der Waals surface area (Å²) in [6.07, 6.45) is 0.861. The fourth-order valence-electron chi connectivity index (χ4n) is 1.66. The lowest BCUT2D eigenvalue weighted by atomic mass is 9.98. The summed E-state index contributed by atoms with van der Waals surface area (Å²) in [6.45, 7) is 5.81. The van der Waals surface area contributed by atoms with E-state index in [1.54, 1.807) is 12.1 Å². The van der Waals surface area contributed by atoms with E-state index >= 15 is 0 Å². The standard InChI is InChI=1S/C14H21FN2O/c1-4-9(2)13(16)14(18)17-10(3)11-5-7-12(15)8-6-11/h5-10,13H,4,16H2,1-3H3,(H,17,18)/t9?,10-,13+/m1/s1. The van der Waals surface area contributed by atoms with Gasteiger partial charge in [-0.25, -0.2) is 4.39 Å². The van der Waals surface area contributed by atoms with Crippen molar-refractivity contribution in [2.24, 2.45) is 11.7 Å². The smallest absolute Gasteiger partial charge is 0.237 e. The van der Waals surface area contributed by atoms with Gasteiger partial charge in [0.05, 0.1) is 12.1 Å². The van der Waals surface area contributed by atoms with Gasteiger partial charge >= 0.3 is 0 Å². The van der Waals surface area contributed by atoms with Gasteiger partial charge in [-0.05, 0) is 30.5 Å². The molecular formula is C14H21FN2O. The molecule has 0 heterocycles. The number of nitrogens with one attached hydrogen (secondary N) is 1. The molecule has 1 aromatic rings. The highest BCUT2D eigenvalue weighted by molar-refractivity contribution is 5.82. The van der Waals surface area contributed by atoms with E-state index in [0.717, 1.165) is 12.0 Å². The lowest BCUT2D eigenvalue weighted by molar-refractivity contribution is -0.124. The first kappa shape index (κ1) is 14.6. The Hall–Kier alpha value is -1.42. The summed E-state index contributed by atoms with van der Waals surface area (Å²) < 4.78 is 12.8. The third-order valence-electron chi connectivity index (χ3n) is 3.29. The Kier molecular flexibility index (Phi) is 5.28. The van der Waals surface area contributed by atoms with Crippen molar-refractivity contribution < 1.29 is 9.18 Å². The van der Waals surface area contributed by atoms with E-state index in [2.05, 4.69) is 5.32 Å². The number of hydrogen-bond donors (Lipinski definition) is 2. The van der Waals surface area contributed by atoms with Gasteiger partial charge in [-0.3, -0.25) is 4.79 Å². The van der Waals surface area contributed by atoms with E-state index in [4.69, 9.17) is 5.73 Å². The van der Waals surface area contributed by atoms with Crippen LogP contribution in [0, 0.1) is 11.7 Å². The molecule has 3 atom stereocenters. The number of carbonyl (C=O) groups excluding carboxylic acids is 1. The summed E-state index contributed by atoms with van der Waals surface area (Å²) in [5, 5.41) is 2.84. The highest BCUT2D eigenvalue weighted by Gasteiger charge is 2.21. The summed E-state index contributed by atoms with van der Waals surface area (Å²) in [5.74, 6) is -0.305. The second-order valence-corrected chi connectivity index (χ2v) is 4.69. The molecule has 3 N–H and O–H groups in total. The molecule has 1 unspecified atom stereocenters. The number of carbonyl (C=O) groups is 1. The second-order valence-electron chi connectivity index (χ2n) is 4.69. The van der Waals surface area contributed by atoms with Crippen molar-refractivity contribution in [2.75, 3.05) is 0 Å². The minimum Gasteiger partial charge on any atom is -0.348 e. The van der Waals surface area contributed by atoms with Crippen molar-refractivity contribution in [3.8, 4) is 0 Å². The van der Waals surface area contributed by atoms with Crippen LogP contribution in [-0.4, -0.2) is 11.9 Å². The summed E-state index contributed by atoms with van der Waals surface area (Å²) in [6, 6.07) is 5.41. The van der Waals surface area contributed by atoms with Crippen LogP contribution in [0.25, 0.3) is 0 Å². The fourth-order valence-corrected chi connectivity index (χ4v) is 1.66. The monoisotopic (exact) mass is 252 g/mol. The molecule has 0 aliphatic rings. The molecule has 0 saturated carbocycles. The van der Waals surface area contributed by atoms with Gasteiger partial charge in [-0.2, -0.15) is 0 Å². The van der Waals surface area contributed by atoms with Crippen LogP contribution in [0.5, 0.6) is 0 Å². The second kappa shape index (κ2) is 6.50. The van der Waals surface area contributed by atoms with Gasteiger partial charge in [0.15, 0.2) is 0 Å². The number of halogens is 1. The molecule has 0 saturated heterocycles. The van der Waals surface area contributed by atoms with Gasteiger partial charge < -0.3 is 11.1 Å². The molecule has 4 heteroatoms. The molecule has 0 radical (unpaired) electrons. The lowest BCUT2D eigenvalue weighted by Gasteiger charge is -2.21. The van der Waals surface area contributed by atoms with Crippen LogP contribution in [-0.2, 0) is 4.79 Å². The molecule has 18 heavy (non-hydrogen) atoms. The number of hydrogen-bond acceptors (Lipinski definition) is 2. The van der Waals surface area contributed by atoms with Gasteiger partial charge in [-0.1, -0.05) is 32.4 Å². The van der Waals surface area contributed by atoms with Crippen LogP contribution in [0.15, 0.2) is 24.3 Å². The average molecular weight is 252 g/mol. The highest BCUT2D eigenvalue weighted by Crippen LogP contribution is 2.14. The zero-order valence-corrected chi connectivity index (χ0v) is 11.1. The molecule has 0 fully saturated rings. The van der Waals surface area contributed by atoms with Crippen molar-refractivity contribution in [3.63, 3.8) is 0 Å². The Balaban J connectivity index is 2.61. The van der Waals surface area contributed by atoms with Crippen LogP contribution in [0.2, 0.25) is 0 Å². The minimum atomic E-state index is -0.502. The third-order valence-corrected chi connectivity index (χ3v) is 3.29. The first-order valence-corrected chi connectivity index (χ1v) is 6.27. The maximum Gasteiger partial charge on any atom is 0.237 e. The summed E-state index contributed by atoms with van der Waals surface area (Å²) in [5.41, 5.74) is 6.71. The molecule has 0 aromatic heterocycles. The molecule has 100 valence electrons. The highest BCUT2D eigenvalue weighted by atomic mass is 19.1. The predicted octanol–water partition coefficient (Wildman–Crippen LogP) is 2.38. The zero-order chi connectivity index (χ0) is 13.7. The SMILES string of the molecule is CCC(C)[C@H](N)C(=O)N[C@H](C)c1ccc(F)cc1. The maximum absolute atomic E-state index is 12.8. The van der Waals surface area contributed by atoms with E-state index in [1.807, 2.05) is 20.8 Å². The average Bonchev–Trinajstić information content (AvgIpc) is 2.37. The van der Waals surface area contributed by atoms with Crippen LogP contribution < -0.4 is 11.1 Å². The topological polar surface area (TPSA) is 55.1 Å². The number of benzene rings is 1. The third kappa shape index (κ3) is 3.81. The van der Waals surface area contributed by atoms with Gasteiger partial charge in [0.1, 0.15) is 5.82 Å². The van der Waals surface area contributed by atoms with Crippen LogP contribution in [0.1, 0.15) is 38.8 Å². The molecule has 1 aromatic carbocycles. The number of nitrogens with two attached hydrogens (primary N) is 1. The van der Waals surface area contributed by atoms with E-state index in [1.165, 1.54) is 12.1 Å². The fraction of sp³-hybridized carbons (Fsp3) is 0.500. The van der Waals surface area contributed by atoms with Crippen molar-refractivity contribution in [1.29, 1.82) is 0 Å². The zero-order valence-electron chi connectivity index (χ0n) is 11.1. The van der Waals surface area contributed by atoms with Gasteiger partial charge in [-0.15, -0.1) is 0 Å². The van der Waals surface area contributed by atoms with Gasteiger partial charge in [0.2, 0.25) is 5.91 Å². The van der Waals surface area contributed by atoms with Crippen LogP contribution >= 0.6 is 0 Å².